The second kappa shape index (κ2) is 12.9. The molecule has 1 aromatic carbocycles. The van der Waals surface area contributed by atoms with Crippen LogP contribution in [0.15, 0.2) is 42.0 Å². The summed E-state index contributed by atoms with van der Waals surface area (Å²) in [5.41, 5.74) is 2.55. The third-order valence-electron chi connectivity index (χ3n) is 7.77. The number of hydrogen-bond acceptors (Lipinski definition) is 5. The number of aliphatic carboxylic acids is 1. The van der Waals surface area contributed by atoms with Gasteiger partial charge < -0.3 is 24.2 Å². The van der Waals surface area contributed by atoms with Gasteiger partial charge in [-0.25, -0.2) is 4.79 Å². The predicted octanol–water partition coefficient (Wildman–Crippen LogP) is 5.96. The minimum absolute atomic E-state index is 0.100. The smallest absolute Gasteiger partial charge is 0.328 e. The molecule has 1 N–H and O–H groups in total. The van der Waals surface area contributed by atoms with E-state index in [1.807, 2.05) is 24.3 Å². The van der Waals surface area contributed by atoms with Crippen molar-refractivity contribution in [2.45, 2.75) is 84.0 Å². The van der Waals surface area contributed by atoms with E-state index in [9.17, 15) is 4.79 Å². The summed E-state index contributed by atoms with van der Waals surface area (Å²) < 4.78 is 17.5. The number of hydrogen-bond donors (Lipinski definition) is 1. The van der Waals surface area contributed by atoms with E-state index in [2.05, 4.69) is 45.6 Å². The SMILES string of the molecule is CC(C)=CCC1OC1(C)C1CCCCC12CO2.CCN(CC)CCOc1ccc(/C=C/C(=O)O)cc1. The van der Waals surface area contributed by atoms with E-state index in [0.717, 1.165) is 50.1 Å². The second-order valence-corrected chi connectivity index (χ2v) is 10.6. The molecule has 1 saturated carbocycles. The van der Waals surface area contributed by atoms with Gasteiger partial charge in [0.1, 0.15) is 12.4 Å². The van der Waals surface area contributed by atoms with Crippen LogP contribution >= 0.6 is 0 Å². The van der Waals surface area contributed by atoms with Crippen molar-refractivity contribution in [3.05, 3.63) is 47.6 Å². The zero-order valence-electron chi connectivity index (χ0n) is 22.8. The summed E-state index contributed by atoms with van der Waals surface area (Å²) >= 11 is 0. The lowest BCUT2D eigenvalue weighted by Gasteiger charge is -2.32. The maximum atomic E-state index is 10.4. The molecule has 4 unspecified atom stereocenters. The van der Waals surface area contributed by atoms with Gasteiger partial charge in [-0.3, -0.25) is 0 Å². The Labute approximate surface area is 217 Å². The average molecular weight is 500 g/mol. The fourth-order valence-electron chi connectivity index (χ4n) is 5.34. The highest BCUT2D eigenvalue weighted by Crippen LogP contribution is 2.58. The minimum atomic E-state index is -0.945. The monoisotopic (exact) mass is 499 g/mol. The Kier molecular flexibility index (Phi) is 10.2. The van der Waals surface area contributed by atoms with E-state index in [0.29, 0.717) is 18.6 Å². The molecule has 6 nitrogen and oxygen atoms in total. The van der Waals surface area contributed by atoms with Gasteiger partial charge in [-0.05, 0) is 76.9 Å². The molecule has 3 fully saturated rings. The summed E-state index contributed by atoms with van der Waals surface area (Å²) in [7, 11) is 0. The van der Waals surface area contributed by atoms with Crippen LogP contribution in [0.1, 0.15) is 72.3 Å². The van der Waals surface area contributed by atoms with Gasteiger partial charge in [-0.1, -0.05) is 50.5 Å². The number of ether oxygens (including phenoxy) is 3. The Hall–Kier alpha value is -2.15. The predicted molar refractivity (Wildman–Crippen MR) is 144 cm³/mol. The molecule has 1 spiro atoms. The van der Waals surface area contributed by atoms with E-state index in [1.54, 1.807) is 6.08 Å². The first-order valence-electron chi connectivity index (χ1n) is 13.5. The lowest BCUT2D eigenvalue weighted by molar-refractivity contribution is -0.131. The second-order valence-electron chi connectivity index (χ2n) is 10.6. The van der Waals surface area contributed by atoms with Crippen molar-refractivity contribution < 1.29 is 24.1 Å². The molecule has 6 heteroatoms. The summed E-state index contributed by atoms with van der Waals surface area (Å²) in [6, 6.07) is 7.38. The zero-order valence-corrected chi connectivity index (χ0v) is 22.8. The average Bonchev–Trinajstić information content (AvgIpc) is 3.78. The number of epoxide rings is 2. The van der Waals surface area contributed by atoms with Crippen LogP contribution in [-0.4, -0.2) is 66.1 Å². The molecular formula is C30H45NO5. The van der Waals surface area contributed by atoms with Crippen molar-refractivity contribution in [2.24, 2.45) is 5.92 Å². The Morgan fingerprint density at radius 1 is 1.19 bits per heavy atom. The Morgan fingerprint density at radius 2 is 1.89 bits per heavy atom. The fraction of sp³-hybridized carbons (Fsp3) is 0.633. The van der Waals surface area contributed by atoms with Crippen LogP contribution in [0.2, 0.25) is 0 Å². The fourth-order valence-corrected chi connectivity index (χ4v) is 5.34. The first-order valence-corrected chi connectivity index (χ1v) is 13.5. The molecule has 200 valence electrons. The number of carboxylic acids is 1. The minimum Gasteiger partial charge on any atom is -0.492 e. The molecule has 1 aliphatic carbocycles. The van der Waals surface area contributed by atoms with Crippen LogP contribution in [0.3, 0.4) is 0 Å². The Balaban J connectivity index is 0.000000201. The number of rotatable bonds is 11. The lowest BCUT2D eigenvalue weighted by Crippen LogP contribution is -2.39. The largest absolute Gasteiger partial charge is 0.492 e. The van der Waals surface area contributed by atoms with E-state index < -0.39 is 5.97 Å². The van der Waals surface area contributed by atoms with Crippen LogP contribution in [0, 0.1) is 5.92 Å². The van der Waals surface area contributed by atoms with E-state index >= 15 is 0 Å². The molecule has 3 aliphatic rings. The van der Waals surface area contributed by atoms with Crippen molar-refractivity contribution >= 4 is 12.0 Å². The molecule has 36 heavy (non-hydrogen) atoms. The van der Waals surface area contributed by atoms with Gasteiger partial charge in [0, 0.05) is 18.5 Å². The van der Waals surface area contributed by atoms with Crippen LogP contribution < -0.4 is 4.74 Å². The molecule has 2 heterocycles. The zero-order chi connectivity index (χ0) is 26.2. The third-order valence-corrected chi connectivity index (χ3v) is 7.77. The standard InChI is InChI=1S/C15H21NO3.C15H24O2/c1-3-16(4-2)11-12-19-14-8-5-13(6-9-14)7-10-15(17)18;1-11(2)7-8-13-14(3,17-13)12-6-4-5-9-15(12)10-16-15/h5-10H,3-4,11-12H2,1-2H3,(H,17,18);7,12-13H,4-6,8-10H2,1-3H3/b10-7+;. The van der Waals surface area contributed by atoms with Crippen molar-refractivity contribution in [3.8, 4) is 5.75 Å². The highest BCUT2D eigenvalue weighted by Gasteiger charge is 2.67. The first kappa shape index (κ1) is 28.4. The molecular weight excluding hydrogens is 454 g/mol. The number of carbonyl (C=O) groups is 1. The molecule has 0 radical (unpaired) electrons. The van der Waals surface area contributed by atoms with Crippen LogP contribution in [-0.2, 0) is 14.3 Å². The summed E-state index contributed by atoms with van der Waals surface area (Å²) in [6.07, 6.45) is 11.7. The summed E-state index contributed by atoms with van der Waals surface area (Å²) in [6.45, 7) is 15.5. The molecule has 2 aliphatic heterocycles. The van der Waals surface area contributed by atoms with Gasteiger partial charge in [0.2, 0.25) is 0 Å². The van der Waals surface area contributed by atoms with E-state index in [1.165, 1.54) is 31.3 Å². The summed E-state index contributed by atoms with van der Waals surface area (Å²) in [4.78, 5) is 12.7. The van der Waals surface area contributed by atoms with E-state index in [-0.39, 0.29) is 11.2 Å². The summed E-state index contributed by atoms with van der Waals surface area (Å²) in [5, 5.41) is 8.53. The Morgan fingerprint density at radius 3 is 2.47 bits per heavy atom. The van der Waals surface area contributed by atoms with E-state index in [4.69, 9.17) is 19.3 Å². The molecule has 0 aromatic heterocycles. The van der Waals surface area contributed by atoms with Crippen molar-refractivity contribution in [1.29, 1.82) is 0 Å². The summed E-state index contributed by atoms with van der Waals surface area (Å²) in [5.74, 6) is 0.499. The molecule has 0 bridgehead atoms. The number of allylic oxidation sites excluding steroid dienone is 1. The first-order chi connectivity index (χ1) is 17.2. The van der Waals surface area contributed by atoms with Gasteiger partial charge in [0.25, 0.3) is 0 Å². The highest BCUT2D eigenvalue weighted by molar-refractivity contribution is 5.85. The maximum absolute atomic E-state index is 10.4. The molecule has 4 atom stereocenters. The topological polar surface area (TPSA) is 74.8 Å². The number of nitrogens with zero attached hydrogens (tertiary/aromatic N) is 1. The molecule has 4 rings (SSSR count). The van der Waals surface area contributed by atoms with Gasteiger partial charge in [0.05, 0.1) is 23.9 Å². The van der Waals surface area contributed by atoms with Gasteiger partial charge in [-0.2, -0.15) is 0 Å². The van der Waals surface area contributed by atoms with Gasteiger partial charge in [-0.15, -0.1) is 0 Å². The van der Waals surface area contributed by atoms with Crippen molar-refractivity contribution in [2.75, 3.05) is 32.8 Å². The lowest BCUT2D eigenvalue weighted by atomic mass is 9.71. The molecule has 0 amide bonds. The number of likely N-dealkylation sites (N-methyl/N-ethyl adjacent to an activating group) is 1. The quantitative estimate of drug-likeness (QED) is 0.230. The van der Waals surface area contributed by atoms with Gasteiger partial charge in [0.15, 0.2) is 0 Å². The van der Waals surface area contributed by atoms with Crippen LogP contribution in [0.4, 0.5) is 0 Å². The van der Waals surface area contributed by atoms with Crippen LogP contribution in [0.25, 0.3) is 6.08 Å². The maximum Gasteiger partial charge on any atom is 0.328 e. The number of benzene rings is 1. The van der Waals surface area contributed by atoms with Gasteiger partial charge >= 0.3 is 5.97 Å². The highest BCUT2D eigenvalue weighted by atomic mass is 16.6. The third kappa shape index (κ3) is 7.92. The number of carboxylic acid groups (broad SMARTS) is 1. The Bertz CT molecular complexity index is 896. The van der Waals surface area contributed by atoms with Crippen LogP contribution in [0.5, 0.6) is 5.75 Å². The molecule has 1 aromatic rings. The molecule has 2 saturated heterocycles. The van der Waals surface area contributed by atoms with Crippen molar-refractivity contribution in [3.63, 3.8) is 0 Å². The van der Waals surface area contributed by atoms with Crippen molar-refractivity contribution in [1.82, 2.24) is 4.90 Å². The normalized spacial score (nSPS) is 28.5.